The second-order valence-electron chi connectivity index (χ2n) is 5.59. The summed E-state index contributed by atoms with van der Waals surface area (Å²) in [7, 11) is 0. The highest BCUT2D eigenvalue weighted by Crippen LogP contribution is 2.30. The van der Waals surface area contributed by atoms with Gasteiger partial charge in [0, 0.05) is 6.20 Å². The van der Waals surface area contributed by atoms with Gasteiger partial charge in [0.2, 0.25) is 5.88 Å². The van der Waals surface area contributed by atoms with E-state index in [0.29, 0.717) is 22.9 Å². The summed E-state index contributed by atoms with van der Waals surface area (Å²) in [5, 5.41) is 8.79. The summed E-state index contributed by atoms with van der Waals surface area (Å²) in [6.07, 6.45) is 2.51. The maximum Gasteiger partial charge on any atom is 0.242 e. The van der Waals surface area contributed by atoms with Crippen molar-refractivity contribution in [2.45, 2.75) is 32.6 Å². The van der Waals surface area contributed by atoms with E-state index in [0.717, 1.165) is 6.42 Å². The number of nitriles is 1. The number of benzene rings is 1. The van der Waals surface area contributed by atoms with Gasteiger partial charge in [0.05, 0.1) is 11.3 Å². The van der Waals surface area contributed by atoms with Gasteiger partial charge >= 0.3 is 0 Å². The topological polar surface area (TPSA) is 71.9 Å². The number of ether oxygens (including phenoxy) is 1. The Labute approximate surface area is 125 Å². The van der Waals surface area contributed by atoms with Gasteiger partial charge < -0.3 is 10.5 Å². The van der Waals surface area contributed by atoms with Gasteiger partial charge in [-0.05, 0) is 35.6 Å². The molecule has 1 heterocycles. The van der Waals surface area contributed by atoms with Crippen LogP contribution in [0, 0.1) is 11.3 Å². The zero-order valence-corrected chi connectivity index (χ0v) is 12.6. The minimum atomic E-state index is 0.143. The lowest BCUT2D eigenvalue weighted by atomic mass is 9.82. The zero-order chi connectivity index (χ0) is 15.5. The minimum Gasteiger partial charge on any atom is -0.437 e. The van der Waals surface area contributed by atoms with Crippen molar-refractivity contribution in [3.05, 3.63) is 47.7 Å². The molecule has 21 heavy (non-hydrogen) atoms. The molecule has 0 fully saturated rings. The van der Waals surface area contributed by atoms with Crippen LogP contribution in [0.2, 0.25) is 0 Å². The molecule has 1 aromatic heterocycles. The van der Waals surface area contributed by atoms with Crippen molar-refractivity contribution in [3.63, 3.8) is 0 Å². The normalized spacial score (nSPS) is 11.0. The van der Waals surface area contributed by atoms with Crippen LogP contribution in [0.1, 0.15) is 38.3 Å². The van der Waals surface area contributed by atoms with Crippen molar-refractivity contribution in [2.75, 3.05) is 5.73 Å². The van der Waals surface area contributed by atoms with E-state index >= 15 is 0 Å². The van der Waals surface area contributed by atoms with Crippen molar-refractivity contribution in [3.8, 4) is 17.7 Å². The molecule has 0 aliphatic heterocycles. The lowest BCUT2D eigenvalue weighted by molar-refractivity contribution is 0.463. The van der Waals surface area contributed by atoms with Gasteiger partial charge in [0.15, 0.2) is 0 Å². The van der Waals surface area contributed by atoms with Crippen LogP contribution in [0.3, 0.4) is 0 Å². The fourth-order valence-corrected chi connectivity index (χ4v) is 1.91. The average molecular weight is 281 g/mol. The molecule has 0 saturated carbocycles. The van der Waals surface area contributed by atoms with E-state index in [1.165, 1.54) is 11.8 Å². The van der Waals surface area contributed by atoms with E-state index in [2.05, 4.69) is 37.9 Å². The molecule has 2 N–H and O–H groups in total. The molecule has 0 atom stereocenters. The third kappa shape index (κ3) is 3.32. The molecule has 0 aliphatic carbocycles. The Kier molecular flexibility index (Phi) is 4.13. The molecule has 0 radical (unpaired) electrons. The van der Waals surface area contributed by atoms with Crippen LogP contribution in [0.5, 0.6) is 11.6 Å². The number of nitrogens with two attached hydrogens (primary N) is 1. The summed E-state index contributed by atoms with van der Waals surface area (Å²) in [5.74, 6) is 0.992. The van der Waals surface area contributed by atoms with Crippen molar-refractivity contribution in [1.82, 2.24) is 4.98 Å². The van der Waals surface area contributed by atoms with Crippen molar-refractivity contribution in [1.29, 1.82) is 5.26 Å². The Bertz CT molecular complexity index is 669. The largest absolute Gasteiger partial charge is 0.437 e. The van der Waals surface area contributed by atoms with Gasteiger partial charge in [0.1, 0.15) is 11.8 Å². The molecule has 2 aromatic rings. The lowest BCUT2D eigenvalue weighted by Crippen LogP contribution is -2.14. The lowest BCUT2D eigenvalue weighted by Gasteiger charge is -2.23. The van der Waals surface area contributed by atoms with Crippen LogP contribution in [0.25, 0.3) is 0 Å². The molecule has 0 spiro atoms. The van der Waals surface area contributed by atoms with Crippen LogP contribution in [-0.2, 0) is 5.41 Å². The number of pyridine rings is 1. The van der Waals surface area contributed by atoms with Crippen LogP contribution >= 0.6 is 0 Å². The van der Waals surface area contributed by atoms with Gasteiger partial charge in [-0.2, -0.15) is 5.26 Å². The molecule has 2 rings (SSSR count). The van der Waals surface area contributed by atoms with Gasteiger partial charge in [0.25, 0.3) is 0 Å². The smallest absolute Gasteiger partial charge is 0.242 e. The van der Waals surface area contributed by atoms with Crippen molar-refractivity contribution >= 4 is 5.69 Å². The van der Waals surface area contributed by atoms with E-state index in [-0.39, 0.29) is 5.41 Å². The first-order valence-corrected chi connectivity index (χ1v) is 6.90. The zero-order valence-electron chi connectivity index (χ0n) is 12.6. The number of nitrogen functional groups attached to an aromatic ring is 1. The predicted octanol–water partition coefficient (Wildman–Crippen LogP) is 4.02. The van der Waals surface area contributed by atoms with E-state index < -0.39 is 0 Å². The minimum absolute atomic E-state index is 0.143. The maximum absolute atomic E-state index is 8.79. The summed E-state index contributed by atoms with van der Waals surface area (Å²) in [4.78, 5) is 4.06. The molecular formula is C17H19N3O. The summed E-state index contributed by atoms with van der Waals surface area (Å²) >= 11 is 0. The Morgan fingerprint density at radius 1 is 1.29 bits per heavy atom. The fourth-order valence-electron chi connectivity index (χ4n) is 1.91. The van der Waals surface area contributed by atoms with E-state index in [1.807, 2.05) is 18.2 Å². The molecule has 4 heteroatoms. The molecule has 0 aliphatic rings. The highest BCUT2D eigenvalue weighted by Gasteiger charge is 2.17. The third-order valence-electron chi connectivity index (χ3n) is 3.74. The first kappa shape index (κ1) is 14.9. The van der Waals surface area contributed by atoms with Gasteiger partial charge in [-0.1, -0.05) is 32.9 Å². The molecule has 0 unspecified atom stereocenters. The van der Waals surface area contributed by atoms with Crippen LogP contribution < -0.4 is 10.5 Å². The summed E-state index contributed by atoms with van der Waals surface area (Å²) in [6.45, 7) is 6.60. The van der Waals surface area contributed by atoms with Gasteiger partial charge in [-0.15, -0.1) is 0 Å². The molecule has 4 nitrogen and oxygen atoms in total. The molecule has 1 aromatic carbocycles. The Morgan fingerprint density at radius 2 is 1.95 bits per heavy atom. The highest BCUT2D eigenvalue weighted by atomic mass is 16.5. The molecular weight excluding hydrogens is 262 g/mol. The molecule has 0 saturated heterocycles. The Morgan fingerprint density at radius 3 is 2.48 bits per heavy atom. The molecule has 108 valence electrons. The second-order valence-corrected chi connectivity index (χ2v) is 5.59. The quantitative estimate of drug-likeness (QED) is 0.918. The first-order chi connectivity index (χ1) is 9.96. The van der Waals surface area contributed by atoms with E-state index in [9.17, 15) is 0 Å². The van der Waals surface area contributed by atoms with Crippen LogP contribution in [0.4, 0.5) is 5.69 Å². The Balaban J connectivity index is 2.20. The summed E-state index contributed by atoms with van der Waals surface area (Å²) in [5.41, 5.74) is 8.00. The highest BCUT2D eigenvalue weighted by molar-refractivity contribution is 5.53. The molecule has 0 bridgehead atoms. The average Bonchev–Trinajstić information content (AvgIpc) is 2.50. The van der Waals surface area contributed by atoms with Crippen molar-refractivity contribution in [2.24, 2.45) is 0 Å². The third-order valence-corrected chi connectivity index (χ3v) is 3.74. The van der Waals surface area contributed by atoms with E-state index in [4.69, 9.17) is 15.7 Å². The van der Waals surface area contributed by atoms with Gasteiger partial charge in [-0.3, -0.25) is 0 Å². The second kappa shape index (κ2) is 5.84. The first-order valence-electron chi connectivity index (χ1n) is 6.90. The van der Waals surface area contributed by atoms with Crippen LogP contribution in [-0.4, -0.2) is 4.98 Å². The maximum atomic E-state index is 8.79. The monoisotopic (exact) mass is 281 g/mol. The standard InChI is InChI=1S/C17H19N3O/c1-4-17(2,3)13-5-7-14(8-6-13)21-16-15(19)9-12(10-18)11-20-16/h5-9,11H,4,19H2,1-3H3. The number of rotatable bonds is 4. The number of anilines is 1. The fraction of sp³-hybridized carbons (Fsp3) is 0.294. The SMILES string of the molecule is CCC(C)(C)c1ccc(Oc2ncc(C#N)cc2N)cc1. The summed E-state index contributed by atoms with van der Waals surface area (Å²) < 4.78 is 5.66. The Hall–Kier alpha value is -2.54. The van der Waals surface area contributed by atoms with Gasteiger partial charge in [-0.25, -0.2) is 4.98 Å². The number of aromatic nitrogens is 1. The molecule has 0 amide bonds. The van der Waals surface area contributed by atoms with Crippen LogP contribution in [0.15, 0.2) is 36.5 Å². The van der Waals surface area contributed by atoms with E-state index in [1.54, 1.807) is 6.07 Å². The number of hydrogen-bond acceptors (Lipinski definition) is 4. The van der Waals surface area contributed by atoms with Crippen molar-refractivity contribution < 1.29 is 4.74 Å². The predicted molar refractivity (Wildman–Crippen MR) is 83.2 cm³/mol. The summed E-state index contributed by atoms with van der Waals surface area (Å²) in [6, 6.07) is 11.5. The number of nitrogens with zero attached hydrogens (tertiary/aromatic N) is 2. The number of hydrogen-bond donors (Lipinski definition) is 1.